The van der Waals surface area contributed by atoms with Crippen molar-refractivity contribution in [1.82, 2.24) is 35.7 Å². The largest absolute Gasteiger partial charge is 0.358 e. The van der Waals surface area contributed by atoms with Gasteiger partial charge >= 0.3 is 0 Å². The summed E-state index contributed by atoms with van der Waals surface area (Å²) in [6.45, 7) is 5.82. The fraction of sp³-hybridized carbons (Fsp3) is 0.238. The van der Waals surface area contributed by atoms with E-state index in [9.17, 15) is 4.79 Å². The van der Waals surface area contributed by atoms with Crippen LogP contribution in [0.15, 0.2) is 47.7 Å². The van der Waals surface area contributed by atoms with Crippen molar-refractivity contribution in [3.63, 3.8) is 0 Å². The Labute approximate surface area is 173 Å². The first-order valence-electron chi connectivity index (χ1n) is 9.75. The van der Waals surface area contributed by atoms with Crippen LogP contribution < -0.4 is 10.7 Å². The molecule has 152 valence electrons. The van der Waals surface area contributed by atoms with Gasteiger partial charge in [0.05, 0.1) is 17.5 Å². The highest BCUT2D eigenvalue weighted by atomic mass is 16.2. The zero-order valence-corrected chi connectivity index (χ0v) is 16.8. The second-order valence-electron chi connectivity index (χ2n) is 6.74. The Morgan fingerprint density at radius 1 is 1.13 bits per heavy atom. The van der Waals surface area contributed by atoms with Crippen LogP contribution in [0.3, 0.4) is 0 Å². The van der Waals surface area contributed by atoms with Gasteiger partial charge in [-0.15, -0.1) is 0 Å². The number of rotatable bonds is 7. The van der Waals surface area contributed by atoms with Crippen LogP contribution in [0.4, 0.5) is 0 Å². The number of H-pyrrole nitrogens is 1. The molecule has 3 aromatic rings. The van der Waals surface area contributed by atoms with Gasteiger partial charge in [-0.05, 0) is 44.1 Å². The topological polar surface area (TPSA) is 121 Å². The number of nitrogens with one attached hydrogen (secondary N) is 3. The van der Waals surface area contributed by atoms with E-state index in [2.05, 4.69) is 47.7 Å². The van der Waals surface area contributed by atoms with Crippen LogP contribution in [0.25, 0.3) is 17.5 Å². The van der Waals surface area contributed by atoms with E-state index in [0.29, 0.717) is 22.8 Å². The molecule has 4 heterocycles. The highest BCUT2D eigenvalue weighted by Crippen LogP contribution is 2.30. The standard InChI is InChI=1S/C21H22N8O/c1-3-22-8-5-14-13(2)27-16(18(14)20-25-6-4-7-26-20)11-15-19(28-29-21(15)30)17-12-23-9-10-24-17/h4,6-7,9-12,22,27H,3,5,8H2,1-2H3,(H,29,30). The Morgan fingerprint density at radius 3 is 2.70 bits per heavy atom. The maximum absolute atomic E-state index is 12.5. The molecule has 0 fully saturated rings. The molecule has 3 N–H and O–H groups in total. The molecule has 3 aromatic heterocycles. The monoisotopic (exact) mass is 402 g/mol. The SMILES string of the molecule is CCNCCc1c(C)[nH]c(C=C2C(=O)NN=C2c2cnccn2)c1-c1ncccn1. The number of carbonyl (C=O) groups excluding carboxylic acids is 1. The summed E-state index contributed by atoms with van der Waals surface area (Å²) in [5.41, 5.74) is 7.68. The summed E-state index contributed by atoms with van der Waals surface area (Å²) >= 11 is 0. The van der Waals surface area contributed by atoms with Crippen molar-refractivity contribution in [1.29, 1.82) is 0 Å². The van der Waals surface area contributed by atoms with E-state index < -0.39 is 0 Å². The van der Waals surface area contributed by atoms with Gasteiger partial charge in [-0.3, -0.25) is 14.8 Å². The number of hydrazone groups is 1. The van der Waals surface area contributed by atoms with E-state index in [1.54, 1.807) is 43.1 Å². The Hall–Kier alpha value is -3.72. The number of hydrogen-bond acceptors (Lipinski definition) is 7. The van der Waals surface area contributed by atoms with Crippen LogP contribution >= 0.6 is 0 Å². The summed E-state index contributed by atoms with van der Waals surface area (Å²) in [4.78, 5) is 33.2. The molecule has 1 amide bonds. The lowest BCUT2D eigenvalue weighted by atomic mass is 10.0. The minimum Gasteiger partial charge on any atom is -0.358 e. The average Bonchev–Trinajstić information content (AvgIpc) is 3.29. The Bertz CT molecular complexity index is 1100. The number of likely N-dealkylation sites (N-methyl/N-ethyl adjacent to an activating group) is 1. The smallest absolute Gasteiger partial charge is 0.273 e. The number of nitrogens with zero attached hydrogens (tertiary/aromatic N) is 5. The van der Waals surface area contributed by atoms with Crippen LogP contribution in [0, 0.1) is 6.92 Å². The van der Waals surface area contributed by atoms with Gasteiger partial charge in [0.25, 0.3) is 5.91 Å². The third-order valence-corrected chi connectivity index (χ3v) is 4.80. The molecule has 0 bridgehead atoms. The molecule has 0 aromatic carbocycles. The fourth-order valence-corrected chi connectivity index (χ4v) is 3.41. The van der Waals surface area contributed by atoms with Crippen LogP contribution in [-0.2, 0) is 11.2 Å². The summed E-state index contributed by atoms with van der Waals surface area (Å²) in [6.07, 6.45) is 10.7. The van der Waals surface area contributed by atoms with Gasteiger partial charge in [0.1, 0.15) is 11.4 Å². The van der Waals surface area contributed by atoms with Crippen molar-refractivity contribution in [3.8, 4) is 11.4 Å². The normalized spacial score (nSPS) is 14.8. The van der Waals surface area contributed by atoms with E-state index >= 15 is 0 Å². The number of carbonyl (C=O) groups is 1. The van der Waals surface area contributed by atoms with E-state index in [4.69, 9.17) is 0 Å². The number of amides is 1. The third-order valence-electron chi connectivity index (χ3n) is 4.80. The lowest BCUT2D eigenvalue weighted by molar-refractivity contribution is -0.116. The predicted octanol–water partition coefficient (Wildman–Crippen LogP) is 1.64. The van der Waals surface area contributed by atoms with Crippen LogP contribution in [-0.4, -0.2) is 49.6 Å². The van der Waals surface area contributed by atoms with Gasteiger partial charge < -0.3 is 10.3 Å². The van der Waals surface area contributed by atoms with Gasteiger partial charge in [-0.25, -0.2) is 15.4 Å². The van der Waals surface area contributed by atoms with Gasteiger partial charge in [-0.1, -0.05) is 6.92 Å². The van der Waals surface area contributed by atoms with Crippen molar-refractivity contribution in [2.24, 2.45) is 5.10 Å². The molecule has 4 rings (SSSR count). The van der Waals surface area contributed by atoms with Crippen molar-refractivity contribution >= 4 is 17.7 Å². The average molecular weight is 402 g/mol. The Morgan fingerprint density at radius 2 is 1.97 bits per heavy atom. The Kier molecular flexibility index (Phi) is 5.71. The number of aryl methyl sites for hydroxylation is 1. The summed E-state index contributed by atoms with van der Waals surface area (Å²) in [5.74, 6) is 0.314. The molecular weight excluding hydrogens is 380 g/mol. The van der Waals surface area contributed by atoms with Crippen LogP contribution in [0.1, 0.15) is 29.6 Å². The lowest BCUT2D eigenvalue weighted by Gasteiger charge is -2.07. The molecule has 1 aliphatic rings. The van der Waals surface area contributed by atoms with Gasteiger partial charge in [0.15, 0.2) is 5.82 Å². The van der Waals surface area contributed by atoms with Gasteiger partial charge in [-0.2, -0.15) is 5.10 Å². The molecular formula is C21H22N8O. The Balaban J connectivity index is 1.81. The molecule has 0 atom stereocenters. The molecule has 0 saturated heterocycles. The summed E-state index contributed by atoms with van der Waals surface area (Å²) in [5, 5.41) is 7.50. The predicted molar refractivity (Wildman–Crippen MR) is 113 cm³/mol. The number of aromatic amines is 1. The van der Waals surface area contributed by atoms with Crippen molar-refractivity contribution in [2.75, 3.05) is 13.1 Å². The fourth-order valence-electron chi connectivity index (χ4n) is 3.41. The first-order chi connectivity index (χ1) is 14.7. The first kappa shape index (κ1) is 19.6. The quantitative estimate of drug-likeness (QED) is 0.408. The summed E-state index contributed by atoms with van der Waals surface area (Å²) in [7, 11) is 0. The second kappa shape index (κ2) is 8.75. The maximum atomic E-state index is 12.5. The minimum atomic E-state index is -0.294. The van der Waals surface area contributed by atoms with Crippen LogP contribution in [0.2, 0.25) is 0 Å². The molecule has 9 heteroatoms. The number of hydrogen-bond donors (Lipinski definition) is 3. The van der Waals surface area contributed by atoms with Crippen molar-refractivity contribution < 1.29 is 4.79 Å². The molecule has 9 nitrogen and oxygen atoms in total. The summed E-state index contributed by atoms with van der Waals surface area (Å²) in [6, 6.07) is 1.78. The van der Waals surface area contributed by atoms with E-state index in [-0.39, 0.29) is 5.91 Å². The third kappa shape index (κ3) is 3.87. The van der Waals surface area contributed by atoms with Gasteiger partial charge in [0.2, 0.25) is 0 Å². The number of aromatic nitrogens is 5. The van der Waals surface area contributed by atoms with E-state index in [1.165, 1.54) is 0 Å². The highest BCUT2D eigenvalue weighted by molar-refractivity contribution is 6.32. The highest BCUT2D eigenvalue weighted by Gasteiger charge is 2.27. The molecule has 0 radical (unpaired) electrons. The van der Waals surface area contributed by atoms with Crippen molar-refractivity contribution in [2.45, 2.75) is 20.3 Å². The first-order valence-corrected chi connectivity index (χ1v) is 9.75. The van der Waals surface area contributed by atoms with E-state index in [1.807, 2.05) is 6.92 Å². The zero-order valence-electron chi connectivity index (χ0n) is 16.8. The summed E-state index contributed by atoms with van der Waals surface area (Å²) < 4.78 is 0. The molecule has 0 spiro atoms. The molecule has 0 unspecified atom stereocenters. The second-order valence-corrected chi connectivity index (χ2v) is 6.74. The lowest BCUT2D eigenvalue weighted by Crippen LogP contribution is -2.16. The molecule has 1 aliphatic heterocycles. The van der Waals surface area contributed by atoms with E-state index in [0.717, 1.165) is 42.0 Å². The van der Waals surface area contributed by atoms with Crippen LogP contribution in [0.5, 0.6) is 0 Å². The van der Waals surface area contributed by atoms with Gasteiger partial charge in [0, 0.05) is 36.0 Å². The maximum Gasteiger partial charge on any atom is 0.273 e. The van der Waals surface area contributed by atoms with Crippen molar-refractivity contribution in [3.05, 3.63) is 65.3 Å². The molecule has 0 aliphatic carbocycles. The molecule has 0 saturated carbocycles. The minimum absolute atomic E-state index is 0.294. The zero-order chi connectivity index (χ0) is 20.9. The molecule has 30 heavy (non-hydrogen) atoms.